The molecule has 1 amide bonds. The standard InChI is InChI=1S/C27H30ClNO5/c1-15(2)14-34-22-11-9-18(12-16(22)3)25(31)23-24(17-8-10-21(30)20(28)13-17)29(27(33)26(23)32)19-6-4-5-7-19/h8-13,15,19,24,30-31H,4-7,14H2,1-3H3/b25-23-. The Morgan fingerprint density at radius 3 is 2.47 bits per heavy atom. The minimum absolute atomic E-state index is 0.0360. The molecule has 0 bridgehead atoms. The van der Waals surface area contributed by atoms with Crippen molar-refractivity contribution >= 4 is 29.1 Å². The van der Waals surface area contributed by atoms with Crippen molar-refractivity contribution in [1.29, 1.82) is 0 Å². The SMILES string of the molecule is Cc1cc(/C(O)=C2/C(=O)C(=O)N(C3CCCC3)C2c2ccc(O)c(Cl)c2)ccc1OCC(C)C. The third-order valence-corrected chi connectivity index (χ3v) is 6.81. The summed E-state index contributed by atoms with van der Waals surface area (Å²) < 4.78 is 5.83. The van der Waals surface area contributed by atoms with Gasteiger partial charge in [0.15, 0.2) is 0 Å². The zero-order valence-electron chi connectivity index (χ0n) is 19.7. The molecule has 180 valence electrons. The number of ether oxygens (including phenoxy) is 1. The van der Waals surface area contributed by atoms with Crippen LogP contribution in [-0.4, -0.2) is 39.5 Å². The number of benzene rings is 2. The average molecular weight is 484 g/mol. The highest BCUT2D eigenvalue weighted by Gasteiger charge is 2.49. The molecule has 1 saturated heterocycles. The number of aromatic hydroxyl groups is 1. The molecule has 1 saturated carbocycles. The van der Waals surface area contributed by atoms with Crippen LogP contribution in [0.25, 0.3) is 5.76 Å². The molecular weight excluding hydrogens is 454 g/mol. The molecule has 0 aromatic heterocycles. The van der Waals surface area contributed by atoms with Gasteiger partial charge in [0.2, 0.25) is 0 Å². The second kappa shape index (κ2) is 9.71. The van der Waals surface area contributed by atoms with E-state index in [1.807, 2.05) is 6.92 Å². The van der Waals surface area contributed by atoms with Crippen molar-refractivity contribution in [1.82, 2.24) is 4.90 Å². The summed E-state index contributed by atoms with van der Waals surface area (Å²) in [6.07, 6.45) is 3.56. The molecule has 6 nitrogen and oxygen atoms in total. The molecule has 1 atom stereocenters. The lowest BCUT2D eigenvalue weighted by Crippen LogP contribution is -2.37. The Morgan fingerprint density at radius 1 is 1.15 bits per heavy atom. The molecule has 7 heteroatoms. The van der Waals surface area contributed by atoms with Crippen LogP contribution in [0.4, 0.5) is 0 Å². The summed E-state index contributed by atoms with van der Waals surface area (Å²) in [6, 6.07) is 8.99. The fourth-order valence-electron chi connectivity index (χ4n) is 4.80. The number of aliphatic hydroxyl groups excluding tert-OH is 1. The molecule has 1 unspecified atom stereocenters. The fourth-order valence-corrected chi connectivity index (χ4v) is 4.99. The van der Waals surface area contributed by atoms with Gasteiger partial charge in [-0.05, 0) is 67.1 Å². The van der Waals surface area contributed by atoms with Gasteiger partial charge < -0.3 is 19.8 Å². The maximum absolute atomic E-state index is 13.2. The van der Waals surface area contributed by atoms with Crippen molar-refractivity contribution in [2.45, 2.75) is 58.5 Å². The van der Waals surface area contributed by atoms with Crippen LogP contribution in [0.15, 0.2) is 42.0 Å². The molecule has 1 aliphatic heterocycles. The maximum Gasteiger partial charge on any atom is 0.295 e. The summed E-state index contributed by atoms with van der Waals surface area (Å²) in [5.41, 5.74) is 1.87. The number of hydrogen-bond donors (Lipinski definition) is 2. The molecule has 2 aliphatic rings. The first kappa shape index (κ1) is 24.1. The van der Waals surface area contributed by atoms with E-state index in [0.717, 1.165) is 31.2 Å². The van der Waals surface area contributed by atoms with Crippen molar-refractivity contribution in [3.8, 4) is 11.5 Å². The van der Waals surface area contributed by atoms with E-state index in [2.05, 4.69) is 13.8 Å². The van der Waals surface area contributed by atoms with E-state index in [9.17, 15) is 19.8 Å². The smallest absolute Gasteiger partial charge is 0.295 e. The predicted octanol–water partition coefficient (Wildman–Crippen LogP) is 5.75. The van der Waals surface area contributed by atoms with Crippen LogP contribution in [0.5, 0.6) is 11.5 Å². The first-order chi connectivity index (χ1) is 16.2. The number of hydrogen-bond acceptors (Lipinski definition) is 5. The fraction of sp³-hybridized carbons (Fsp3) is 0.407. The molecule has 2 aromatic rings. The highest BCUT2D eigenvalue weighted by molar-refractivity contribution is 6.46. The van der Waals surface area contributed by atoms with Gasteiger partial charge in [0.05, 0.1) is 23.2 Å². The van der Waals surface area contributed by atoms with E-state index in [1.165, 1.54) is 6.07 Å². The van der Waals surface area contributed by atoms with Crippen molar-refractivity contribution in [3.05, 3.63) is 63.7 Å². The Kier molecular flexibility index (Phi) is 6.89. The summed E-state index contributed by atoms with van der Waals surface area (Å²) in [5.74, 6) is -0.565. The number of rotatable bonds is 6. The minimum Gasteiger partial charge on any atom is -0.507 e. The molecule has 0 radical (unpaired) electrons. The highest BCUT2D eigenvalue weighted by Crippen LogP contribution is 2.44. The molecule has 1 heterocycles. The number of phenols is 1. The van der Waals surface area contributed by atoms with E-state index in [0.29, 0.717) is 29.4 Å². The number of amides is 1. The van der Waals surface area contributed by atoms with Crippen LogP contribution < -0.4 is 4.74 Å². The van der Waals surface area contributed by atoms with Gasteiger partial charge in [-0.1, -0.05) is 44.4 Å². The maximum atomic E-state index is 13.2. The Balaban J connectivity index is 1.81. The molecule has 2 fully saturated rings. The second-order valence-corrected chi connectivity index (χ2v) is 9.95. The van der Waals surface area contributed by atoms with Gasteiger partial charge in [0.1, 0.15) is 17.3 Å². The van der Waals surface area contributed by atoms with Gasteiger partial charge in [0, 0.05) is 11.6 Å². The van der Waals surface area contributed by atoms with Gasteiger partial charge in [-0.3, -0.25) is 9.59 Å². The number of nitrogens with zero attached hydrogens (tertiary/aromatic N) is 1. The number of ketones is 1. The Bertz CT molecular complexity index is 1150. The monoisotopic (exact) mass is 483 g/mol. The normalized spacial score (nSPS) is 20.5. The number of aliphatic hydroxyl groups is 1. The van der Waals surface area contributed by atoms with Crippen LogP contribution >= 0.6 is 11.6 Å². The summed E-state index contributed by atoms with van der Waals surface area (Å²) in [5, 5.41) is 21.3. The summed E-state index contributed by atoms with van der Waals surface area (Å²) in [7, 11) is 0. The average Bonchev–Trinajstić information content (AvgIpc) is 3.41. The van der Waals surface area contributed by atoms with E-state index in [4.69, 9.17) is 16.3 Å². The zero-order valence-corrected chi connectivity index (χ0v) is 20.4. The van der Waals surface area contributed by atoms with Gasteiger partial charge in [-0.15, -0.1) is 0 Å². The van der Waals surface area contributed by atoms with Crippen molar-refractivity contribution < 1.29 is 24.5 Å². The number of phenolic OH excluding ortho intramolecular Hbond substituents is 1. The first-order valence-electron chi connectivity index (χ1n) is 11.7. The van der Waals surface area contributed by atoms with E-state index >= 15 is 0 Å². The molecule has 4 rings (SSSR count). The summed E-state index contributed by atoms with van der Waals surface area (Å²) >= 11 is 6.18. The van der Waals surface area contributed by atoms with Crippen molar-refractivity contribution in [2.75, 3.05) is 6.61 Å². The first-order valence-corrected chi connectivity index (χ1v) is 12.1. The zero-order chi connectivity index (χ0) is 24.6. The summed E-state index contributed by atoms with van der Waals surface area (Å²) in [4.78, 5) is 28.0. The molecule has 2 N–H and O–H groups in total. The Labute approximate surface area is 204 Å². The van der Waals surface area contributed by atoms with Crippen LogP contribution in [0.2, 0.25) is 5.02 Å². The second-order valence-electron chi connectivity index (χ2n) is 9.54. The van der Waals surface area contributed by atoms with Gasteiger partial charge in [-0.2, -0.15) is 0 Å². The van der Waals surface area contributed by atoms with Gasteiger partial charge >= 0.3 is 0 Å². The van der Waals surface area contributed by atoms with Crippen LogP contribution in [0.3, 0.4) is 0 Å². The lowest BCUT2D eigenvalue weighted by molar-refractivity contribution is -0.141. The Hall–Kier alpha value is -2.99. The van der Waals surface area contributed by atoms with Gasteiger partial charge in [0.25, 0.3) is 11.7 Å². The minimum atomic E-state index is -0.779. The molecule has 0 spiro atoms. The van der Waals surface area contributed by atoms with Crippen molar-refractivity contribution in [3.63, 3.8) is 0 Å². The van der Waals surface area contributed by atoms with Gasteiger partial charge in [-0.25, -0.2) is 0 Å². The lowest BCUT2D eigenvalue weighted by atomic mass is 9.94. The molecule has 34 heavy (non-hydrogen) atoms. The predicted molar refractivity (Wildman–Crippen MR) is 131 cm³/mol. The number of likely N-dealkylation sites (tertiary alicyclic amines) is 1. The number of Topliss-reactive ketones (excluding diaryl/α,β-unsaturated/α-hetero) is 1. The number of aryl methyl sites for hydroxylation is 1. The summed E-state index contributed by atoms with van der Waals surface area (Å²) in [6.45, 7) is 6.57. The van der Waals surface area contributed by atoms with Crippen LogP contribution in [0.1, 0.15) is 62.3 Å². The third-order valence-electron chi connectivity index (χ3n) is 6.51. The molecule has 2 aromatic carbocycles. The van der Waals surface area contributed by atoms with E-state index in [-0.39, 0.29) is 28.1 Å². The quantitative estimate of drug-likeness (QED) is 0.310. The lowest BCUT2D eigenvalue weighted by Gasteiger charge is -2.31. The largest absolute Gasteiger partial charge is 0.507 e. The number of carbonyl (C=O) groups is 2. The molecule has 1 aliphatic carbocycles. The highest BCUT2D eigenvalue weighted by atomic mass is 35.5. The Morgan fingerprint density at radius 2 is 1.85 bits per heavy atom. The molecular formula is C27H30ClNO5. The topological polar surface area (TPSA) is 87.1 Å². The van der Waals surface area contributed by atoms with E-state index in [1.54, 1.807) is 35.2 Å². The van der Waals surface area contributed by atoms with Crippen LogP contribution in [-0.2, 0) is 9.59 Å². The van der Waals surface area contributed by atoms with Crippen molar-refractivity contribution in [2.24, 2.45) is 5.92 Å². The number of halogens is 1. The van der Waals surface area contributed by atoms with Crippen LogP contribution in [0, 0.1) is 12.8 Å². The van der Waals surface area contributed by atoms with E-state index < -0.39 is 17.7 Å². The number of carbonyl (C=O) groups excluding carboxylic acids is 2. The third kappa shape index (κ3) is 4.51.